The van der Waals surface area contributed by atoms with Crippen molar-refractivity contribution in [2.75, 3.05) is 17.3 Å². The van der Waals surface area contributed by atoms with Crippen LogP contribution in [0.5, 0.6) is 11.6 Å². The first-order valence-electron chi connectivity index (χ1n) is 12.2. The third-order valence-corrected chi connectivity index (χ3v) is 6.94. The van der Waals surface area contributed by atoms with E-state index >= 15 is 0 Å². The maximum absolute atomic E-state index is 13.4. The van der Waals surface area contributed by atoms with E-state index in [1.807, 2.05) is 50.2 Å². The Hall–Kier alpha value is -3.13. The summed E-state index contributed by atoms with van der Waals surface area (Å²) in [4.78, 5) is 19.9. The Kier molecular flexibility index (Phi) is 7.90. The fourth-order valence-electron chi connectivity index (χ4n) is 3.95. The van der Waals surface area contributed by atoms with Crippen LogP contribution in [0.15, 0.2) is 47.6 Å². The minimum Gasteiger partial charge on any atom is -0.493 e. The number of amides is 1. The summed E-state index contributed by atoms with van der Waals surface area (Å²) in [6, 6.07) is 13.7. The lowest BCUT2D eigenvalue weighted by Crippen LogP contribution is -2.37. The van der Waals surface area contributed by atoms with Crippen LogP contribution < -0.4 is 14.4 Å². The number of rotatable bonds is 8. The number of nitrogens with zero attached hydrogens (tertiary/aromatic N) is 4. The molecule has 4 rings (SSSR count). The number of thioether (sulfide) groups is 1. The first-order valence-corrected chi connectivity index (χ1v) is 13.2. The molecular weight excluding hydrogens is 460 g/mol. The van der Waals surface area contributed by atoms with Gasteiger partial charge in [-0.25, -0.2) is 0 Å². The Balaban J connectivity index is 1.94. The first-order chi connectivity index (χ1) is 17.0. The van der Waals surface area contributed by atoms with Crippen molar-refractivity contribution < 1.29 is 14.3 Å². The topological polar surface area (TPSA) is 77.4 Å². The zero-order valence-electron chi connectivity index (χ0n) is 20.9. The molecule has 3 aromatic rings. The summed E-state index contributed by atoms with van der Waals surface area (Å²) in [5.74, 6) is 2.32. The van der Waals surface area contributed by atoms with Gasteiger partial charge >= 0.3 is 0 Å². The summed E-state index contributed by atoms with van der Waals surface area (Å²) in [5, 5.41) is 9.49. The number of para-hydroxylation sites is 1. The maximum atomic E-state index is 13.4. The normalized spacial score (nSPS) is 14.7. The molecule has 1 atom stereocenters. The van der Waals surface area contributed by atoms with Crippen molar-refractivity contribution in [3.63, 3.8) is 0 Å². The number of aryl methyl sites for hydroxylation is 1. The molecule has 0 N–H and O–H groups in total. The highest BCUT2D eigenvalue weighted by Gasteiger charge is 2.37. The molecule has 35 heavy (non-hydrogen) atoms. The van der Waals surface area contributed by atoms with E-state index in [0.29, 0.717) is 41.4 Å². The zero-order chi connectivity index (χ0) is 24.9. The van der Waals surface area contributed by atoms with Gasteiger partial charge in [-0.1, -0.05) is 57.7 Å². The van der Waals surface area contributed by atoms with Crippen LogP contribution in [0.2, 0.25) is 0 Å². The van der Waals surface area contributed by atoms with Gasteiger partial charge in [0.05, 0.1) is 17.9 Å². The van der Waals surface area contributed by atoms with Gasteiger partial charge in [0.15, 0.2) is 5.69 Å². The molecule has 1 aromatic heterocycles. The first kappa shape index (κ1) is 25.0. The van der Waals surface area contributed by atoms with Crippen molar-refractivity contribution in [2.45, 2.75) is 58.8 Å². The third-order valence-electron chi connectivity index (χ3n) is 5.68. The van der Waals surface area contributed by atoms with E-state index in [0.717, 1.165) is 34.6 Å². The van der Waals surface area contributed by atoms with Gasteiger partial charge < -0.3 is 9.47 Å². The fourth-order valence-corrected chi connectivity index (χ4v) is 4.68. The second-order valence-electron chi connectivity index (χ2n) is 8.72. The Morgan fingerprint density at radius 1 is 1.14 bits per heavy atom. The lowest BCUT2D eigenvalue weighted by Gasteiger charge is -2.31. The number of ether oxygens (including phenoxy) is 2. The summed E-state index contributed by atoms with van der Waals surface area (Å²) >= 11 is 1.55. The standard InChI is InChI=1S/C27H32N4O3S/c1-6-18-13-14-21-20(15-18)24-25(28-27(30-29-24)35-16-17(4)5)34-26(31(21)23(32)7-2)19-11-9-10-12-22(19)33-8-3/h9-15,17,26H,6-8,16H2,1-5H3. The molecule has 0 fully saturated rings. The van der Waals surface area contributed by atoms with Crippen molar-refractivity contribution in [1.82, 2.24) is 15.2 Å². The SMILES string of the molecule is CCOc1ccccc1C1Oc2nc(SCC(C)C)nnc2-c2cc(CC)ccc2N1C(=O)CC. The van der Waals surface area contributed by atoms with E-state index in [4.69, 9.17) is 14.5 Å². The Bertz CT molecular complexity index is 1200. The predicted molar refractivity (Wildman–Crippen MR) is 139 cm³/mol. The highest BCUT2D eigenvalue weighted by Crippen LogP contribution is 2.45. The van der Waals surface area contributed by atoms with E-state index in [1.54, 1.807) is 16.7 Å². The second-order valence-corrected chi connectivity index (χ2v) is 9.70. The molecule has 1 amide bonds. The van der Waals surface area contributed by atoms with Crippen LogP contribution in [0.25, 0.3) is 11.3 Å². The Morgan fingerprint density at radius 2 is 1.94 bits per heavy atom. The third kappa shape index (κ3) is 5.27. The Labute approximate surface area is 211 Å². The average Bonchev–Trinajstić information content (AvgIpc) is 3.01. The van der Waals surface area contributed by atoms with Crippen LogP contribution in [0.1, 0.15) is 58.4 Å². The predicted octanol–water partition coefficient (Wildman–Crippen LogP) is 6.08. The van der Waals surface area contributed by atoms with Crippen molar-refractivity contribution in [2.24, 2.45) is 5.92 Å². The van der Waals surface area contributed by atoms with Gasteiger partial charge in [0.1, 0.15) is 5.75 Å². The van der Waals surface area contributed by atoms with E-state index < -0.39 is 6.23 Å². The molecule has 1 unspecified atom stereocenters. The molecule has 2 heterocycles. The lowest BCUT2D eigenvalue weighted by atomic mass is 10.0. The molecule has 0 saturated carbocycles. The number of benzene rings is 2. The van der Waals surface area contributed by atoms with Gasteiger partial charge in [-0.15, -0.1) is 10.2 Å². The number of carbonyl (C=O) groups is 1. The molecule has 0 saturated heterocycles. The molecule has 0 aliphatic carbocycles. The van der Waals surface area contributed by atoms with Crippen LogP contribution >= 0.6 is 11.8 Å². The summed E-state index contributed by atoms with van der Waals surface area (Å²) in [6.45, 7) is 10.7. The smallest absolute Gasteiger partial charge is 0.247 e. The Morgan fingerprint density at radius 3 is 2.66 bits per heavy atom. The lowest BCUT2D eigenvalue weighted by molar-refractivity contribution is -0.120. The quantitative estimate of drug-likeness (QED) is 0.353. The fraction of sp³-hybridized carbons (Fsp3) is 0.407. The number of aromatic nitrogens is 3. The highest BCUT2D eigenvalue weighted by atomic mass is 32.2. The molecule has 0 spiro atoms. The van der Waals surface area contributed by atoms with E-state index in [2.05, 4.69) is 37.0 Å². The van der Waals surface area contributed by atoms with Crippen molar-refractivity contribution in [3.05, 3.63) is 53.6 Å². The van der Waals surface area contributed by atoms with Gasteiger partial charge in [-0.05, 0) is 49.1 Å². The molecule has 8 heteroatoms. The summed E-state index contributed by atoms with van der Waals surface area (Å²) in [7, 11) is 0. The zero-order valence-corrected chi connectivity index (χ0v) is 21.8. The molecular formula is C27H32N4O3S. The van der Waals surface area contributed by atoms with E-state index in [-0.39, 0.29) is 5.91 Å². The van der Waals surface area contributed by atoms with Crippen LogP contribution in [-0.4, -0.2) is 33.4 Å². The number of hydrogen-bond donors (Lipinski definition) is 0. The van der Waals surface area contributed by atoms with Gasteiger partial charge in [0.25, 0.3) is 0 Å². The van der Waals surface area contributed by atoms with Crippen LogP contribution in [0.4, 0.5) is 5.69 Å². The van der Waals surface area contributed by atoms with Gasteiger partial charge in [0.2, 0.25) is 23.2 Å². The second kappa shape index (κ2) is 11.1. The minimum atomic E-state index is -0.766. The number of anilines is 1. The molecule has 184 valence electrons. The number of carbonyl (C=O) groups excluding carboxylic acids is 1. The van der Waals surface area contributed by atoms with Crippen molar-refractivity contribution in [3.8, 4) is 22.9 Å². The number of fused-ring (bicyclic) bond motifs is 3. The number of hydrogen-bond acceptors (Lipinski definition) is 7. The van der Waals surface area contributed by atoms with E-state index in [9.17, 15) is 4.79 Å². The summed E-state index contributed by atoms with van der Waals surface area (Å²) in [6.07, 6.45) is 0.402. The van der Waals surface area contributed by atoms with Crippen molar-refractivity contribution in [1.29, 1.82) is 0 Å². The summed E-state index contributed by atoms with van der Waals surface area (Å²) in [5.41, 5.74) is 3.94. The van der Waals surface area contributed by atoms with Crippen molar-refractivity contribution >= 4 is 23.4 Å². The monoisotopic (exact) mass is 492 g/mol. The average molecular weight is 493 g/mol. The van der Waals surface area contributed by atoms with Gasteiger partial charge in [-0.2, -0.15) is 4.98 Å². The summed E-state index contributed by atoms with van der Waals surface area (Å²) < 4.78 is 12.5. The molecule has 1 aliphatic heterocycles. The molecule has 0 radical (unpaired) electrons. The van der Waals surface area contributed by atoms with Gasteiger partial charge in [0, 0.05) is 17.7 Å². The molecule has 7 nitrogen and oxygen atoms in total. The van der Waals surface area contributed by atoms with Crippen LogP contribution in [0, 0.1) is 5.92 Å². The molecule has 1 aliphatic rings. The minimum absolute atomic E-state index is 0.0676. The molecule has 2 aromatic carbocycles. The van der Waals surface area contributed by atoms with E-state index in [1.165, 1.54) is 0 Å². The van der Waals surface area contributed by atoms with Crippen LogP contribution in [0.3, 0.4) is 0 Å². The molecule has 0 bridgehead atoms. The highest BCUT2D eigenvalue weighted by molar-refractivity contribution is 7.99. The van der Waals surface area contributed by atoms with Crippen LogP contribution in [-0.2, 0) is 11.2 Å². The maximum Gasteiger partial charge on any atom is 0.247 e. The van der Waals surface area contributed by atoms with Gasteiger partial charge in [-0.3, -0.25) is 9.69 Å². The largest absolute Gasteiger partial charge is 0.493 e.